The van der Waals surface area contributed by atoms with Crippen molar-refractivity contribution in [2.75, 3.05) is 45.8 Å². The maximum absolute atomic E-state index is 13.1. The highest BCUT2D eigenvalue weighted by Crippen LogP contribution is 2.30. The molecule has 1 N–H and O–H groups in total. The Kier molecular flexibility index (Phi) is 6.96. The van der Waals surface area contributed by atoms with Gasteiger partial charge < -0.3 is 19.5 Å². The Labute approximate surface area is 176 Å². The van der Waals surface area contributed by atoms with E-state index in [2.05, 4.69) is 5.32 Å². The number of ether oxygens (including phenoxy) is 3. The van der Waals surface area contributed by atoms with Crippen molar-refractivity contribution in [2.24, 2.45) is 0 Å². The molecule has 0 saturated carbocycles. The summed E-state index contributed by atoms with van der Waals surface area (Å²) in [5, 5.41) is 2.77. The van der Waals surface area contributed by atoms with Crippen molar-refractivity contribution in [2.45, 2.75) is 18.2 Å². The van der Waals surface area contributed by atoms with E-state index in [4.69, 9.17) is 14.2 Å². The molecule has 30 heavy (non-hydrogen) atoms. The second kappa shape index (κ2) is 9.46. The number of anilines is 1. The summed E-state index contributed by atoms with van der Waals surface area (Å²) in [5.41, 5.74) is 2.16. The van der Waals surface area contributed by atoms with E-state index in [1.165, 1.54) is 17.5 Å². The average Bonchev–Trinajstić information content (AvgIpc) is 2.74. The van der Waals surface area contributed by atoms with Gasteiger partial charge in [-0.15, -0.1) is 0 Å². The first-order valence-corrected chi connectivity index (χ1v) is 11.0. The smallest absolute Gasteiger partial charge is 0.246 e. The number of morpholine rings is 1. The topological polar surface area (TPSA) is 94.2 Å². The fourth-order valence-corrected chi connectivity index (χ4v) is 4.91. The summed E-state index contributed by atoms with van der Waals surface area (Å²) in [6, 6.07) is 10.1. The lowest BCUT2D eigenvalue weighted by atomic mass is 10.1. The molecule has 0 bridgehead atoms. The second-order valence-electron chi connectivity index (χ2n) is 6.91. The molecular weight excluding hydrogens is 408 g/mol. The van der Waals surface area contributed by atoms with Crippen molar-refractivity contribution in [3.8, 4) is 11.5 Å². The summed E-state index contributed by atoms with van der Waals surface area (Å²) in [4.78, 5) is 12.5. The Hall–Kier alpha value is -2.62. The van der Waals surface area contributed by atoms with Crippen molar-refractivity contribution >= 4 is 21.6 Å². The van der Waals surface area contributed by atoms with Gasteiger partial charge in [0, 0.05) is 18.8 Å². The molecule has 162 valence electrons. The molecule has 0 aromatic heterocycles. The average molecular weight is 435 g/mol. The highest BCUT2D eigenvalue weighted by Gasteiger charge is 2.29. The SMILES string of the molecule is COc1ccc(CC(=O)Nc2ccc(OC)c(S(=O)(=O)N3CCOCC3)c2)cc1C. The van der Waals surface area contributed by atoms with E-state index in [-0.39, 0.29) is 36.1 Å². The number of carbonyl (C=O) groups is 1. The summed E-state index contributed by atoms with van der Waals surface area (Å²) in [6.07, 6.45) is 0.155. The number of nitrogens with zero attached hydrogens (tertiary/aromatic N) is 1. The Balaban J connectivity index is 1.79. The van der Waals surface area contributed by atoms with Gasteiger partial charge in [0.25, 0.3) is 0 Å². The predicted molar refractivity (Wildman–Crippen MR) is 113 cm³/mol. The third-order valence-corrected chi connectivity index (χ3v) is 6.78. The van der Waals surface area contributed by atoms with Gasteiger partial charge in [-0.25, -0.2) is 8.42 Å². The molecule has 3 rings (SSSR count). The summed E-state index contributed by atoms with van der Waals surface area (Å²) >= 11 is 0. The second-order valence-corrected chi connectivity index (χ2v) is 8.82. The molecule has 9 heteroatoms. The van der Waals surface area contributed by atoms with Crippen molar-refractivity contribution in [3.63, 3.8) is 0 Å². The highest BCUT2D eigenvalue weighted by molar-refractivity contribution is 7.89. The number of methoxy groups -OCH3 is 2. The molecule has 1 amide bonds. The van der Waals surface area contributed by atoms with E-state index < -0.39 is 10.0 Å². The van der Waals surface area contributed by atoms with E-state index in [0.717, 1.165) is 16.9 Å². The van der Waals surface area contributed by atoms with Gasteiger partial charge in [-0.05, 0) is 42.3 Å². The number of amides is 1. The monoisotopic (exact) mass is 434 g/mol. The Morgan fingerprint density at radius 1 is 1.07 bits per heavy atom. The molecule has 0 unspecified atom stereocenters. The molecular formula is C21H26N2O6S. The molecule has 0 radical (unpaired) electrons. The first-order valence-electron chi connectivity index (χ1n) is 9.54. The lowest BCUT2D eigenvalue weighted by molar-refractivity contribution is -0.115. The fourth-order valence-electron chi connectivity index (χ4n) is 3.32. The molecule has 1 fully saturated rings. The van der Waals surface area contributed by atoms with Gasteiger partial charge in [0.2, 0.25) is 15.9 Å². The van der Waals surface area contributed by atoms with Gasteiger partial charge in [-0.3, -0.25) is 4.79 Å². The maximum Gasteiger partial charge on any atom is 0.246 e. The summed E-state index contributed by atoms with van der Waals surface area (Å²) in [5.74, 6) is 0.733. The largest absolute Gasteiger partial charge is 0.496 e. The fraction of sp³-hybridized carbons (Fsp3) is 0.381. The zero-order chi connectivity index (χ0) is 21.7. The minimum atomic E-state index is -3.77. The molecule has 0 atom stereocenters. The predicted octanol–water partition coefficient (Wildman–Crippen LogP) is 2.21. The quantitative estimate of drug-likeness (QED) is 0.718. The minimum absolute atomic E-state index is 0.0185. The van der Waals surface area contributed by atoms with E-state index >= 15 is 0 Å². The maximum atomic E-state index is 13.1. The van der Waals surface area contributed by atoms with E-state index in [0.29, 0.717) is 18.9 Å². The molecule has 1 saturated heterocycles. The van der Waals surface area contributed by atoms with Crippen LogP contribution in [-0.4, -0.2) is 59.2 Å². The van der Waals surface area contributed by atoms with Crippen LogP contribution in [0, 0.1) is 6.92 Å². The molecule has 1 heterocycles. The molecule has 1 aliphatic rings. The van der Waals surface area contributed by atoms with Gasteiger partial charge in [-0.1, -0.05) is 12.1 Å². The molecule has 0 aliphatic carbocycles. The molecule has 2 aromatic rings. The third kappa shape index (κ3) is 4.92. The number of aryl methyl sites for hydroxylation is 1. The van der Waals surface area contributed by atoms with Crippen LogP contribution in [-0.2, 0) is 26.0 Å². The van der Waals surface area contributed by atoms with E-state index in [9.17, 15) is 13.2 Å². The number of rotatable bonds is 7. The zero-order valence-electron chi connectivity index (χ0n) is 17.3. The first kappa shape index (κ1) is 22.1. The lowest BCUT2D eigenvalue weighted by Crippen LogP contribution is -2.40. The van der Waals surface area contributed by atoms with E-state index in [1.807, 2.05) is 25.1 Å². The van der Waals surface area contributed by atoms with Crippen molar-refractivity contribution < 1.29 is 27.4 Å². The Morgan fingerprint density at radius 3 is 2.37 bits per heavy atom. The van der Waals surface area contributed by atoms with Crippen LogP contribution in [0.3, 0.4) is 0 Å². The van der Waals surface area contributed by atoms with Crippen LogP contribution in [0.15, 0.2) is 41.3 Å². The number of hydrogen-bond acceptors (Lipinski definition) is 6. The van der Waals surface area contributed by atoms with Crippen molar-refractivity contribution in [1.29, 1.82) is 0 Å². The molecule has 0 spiro atoms. The van der Waals surface area contributed by atoms with Crippen LogP contribution in [0.2, 0.25) is 0 Å². The first-order chi connectivity index (χ1) is 14.3. The van der Waals surface area contributed by atoms with Gasteiger partial charge in [0.15, 0.2) is 0 Å². The number of benzene rings is 2. The van der Waals surface area contributed by atoms with E-state index in [1.54, 1.807) is 19.2 Å². The lowest BCUT2D eigenvalue weighted by Gasteiger charge is -2.26. The molecule has 1 aliphatic heterocycles. The normalized spacial score (nSPS) is 14.9. The summed E-state index contributed by atoms with van der Waals surface area (Å²) in [6.45, 7) is 3.16. The van der Waals surface area contributed by atoms with Gasteiger partial charge in [0.05, 0.1) is 33.9 Å². The zero-order valence-corrected chi connectivity index (χ0v) is 18.1. The summed E-state index contributed by atoms with van der Waals surface area (Å²) in [7, 11) is -0.759. The standard InChI is InChI=1S/C21H26N2O6S/c1-15-12-16(4-6-18(15)27-2)13-21(24)22-17-5-7-19(28-3)20(14-17)30(25,26)23-8-10-29-11-9-23/h4-7,12,14H,8-11,13H2,1-3H3,(H,22,24). The van der Waals surface area contributed by atoms with Gasteiger partial charge in [0.1, 0.15) is 16.4 Å². The van der Waals surface area contributed by atoms with Gasteiger partial charge >= 0.3 is 0 Å². The van der Waals surface area contributed by atoms with Crippen LogP contribution in [0.25, 0.3) is 0 Å². The van der Waals surface area contributed by atoms with Crippen LogP contribution >= 0.6 is 0 Å². The van der Waals surface area contributed by atoms with Crippen LogP contribution in [0.5, 0.6) is 11.5 Å². The van der Waals surface area contributed by atoms with Gasteiger partial charge in [-0.2, -0.15) is 4.31 Å². The van der Waals surface area contributed by atoms with Crippen LogP contribution in [0.4, 0.5) is 5.69 Å². The Bertz CT molecular complexity index is 1020. The Morgan fingerprint density at radius 2 is 1.73 bits per heavy atom. The highest BCUT2D eigenvalue weighted by atomic mass is 32.2. The molecule has 8 nitrogen and oxygen atoms in total. The number of hydrogen-bond donors (Lipinski definition) is 1. The van der Waals surface area contributed by atoms with Crippen LogP contribution in [0.1, 0.15) is 11.1 Å². The van der Waals surface area contributed by atoms with Crippen molar-refractivity contribution in [1.82, 2.24) is 4.31 Å². The molecule has 2 aromatic carbocycles. The number of nitrogens with one attached hydrogen (secondary N) is 1. The third-order valence-electron chi connectivity index (χ3n) is 4.86. The number of sulfonamides is 1. The van der Waals surface area contributed by atoms with Crippen molar-refractivity contribution in [3.05, 3.63) is 47.5 Å². The minimum Gasteiger partial charge on any atom is -0.496 e. The number of carbonyl (C=O) groups excluding carboxylic acids is 1. The van der Waals surface area contributed by atoms with Crippen LogP contribution < -0.4 is 14.8 Å². The summed E-state index contributed by atoms with van der Waals surface area (Å²) < 4.78 is 43.2.